The van der Waals surface area contributed by atoms with Gasteiger partial charge in [-0.2, -0.15) is 4.98 Å². The van der Waals surface area contributed by atoms with Gasteiger partial charge in [-0.25, -0.2) is 4.98 Å². The third-order valence-electron chi connectivity index (χ3n) is 3.99. The number of pyridine rings is 1. The van der Waals surface area contributed by atoms with Crippen molar-refractivity contribution in [3.63, 3.8) is 0 Å². The topological polar surface area (TPSA) is 68.0 Å². The summed E-state index contributed by atoms with van der Waals surface area (Å²) in [6.07, 6.45) is 1.68. The van der Waals surface area contributed by atoms with Crippen LogP contribution in [0.1, 0.15) is 15.9 Å². The lowest BCUT2D eigenvalue weighted by molar-refractivity contribution is 0.0951. The fourth-order valence-electron chi connectivity index (χ4n) is 2.61. The fourth-order valence-corrected chi connectivity index (χ4v) is 3.17. The van der Waals surface area contributed by atoms with Gasteiger partial charge in [-0.3, -0.25) is 4.79 Å². The Bertz CT molecular complexity index is 1090. The summed E-state index contributed by atoms with van der Waals surface area (Å²) in [4.78, 5) is 20.9. The normalized spacial score (nSPS) is 10.9. The van der Waals surface area contributed by atoms with Crippen LogP contribution in [0.5, 0.6) is 0 Å². The number of rotatable bonds is 4. The molecule has 0 atom stereocenters. The number of carbonyl (C=O) groups is 1. The summed E-state index contributed by atoms with van der Waals surface area (Å²) in [6.45, 7) is 0.386. The third kappa shape index (κ3) is 3.86. The summed E-state index contributed by atoms with van der Waals surface area (Å²) >= 11 is 9.44. The van der Waals surface area contributed by atoms with Gasteiger partial charge in [0, 0.05) is 22.8 Å². The summed E-state index contributed by atoms with van der Waals surface area (Å²) in [6, 6.07) is 16.4. The Morgan fingerprint density at radius 2 is 1.96 bits per heavy atom. The number of hydrogen-bond donors (Lipinski definition) is 1. The highest BCUT2D eigenvalue weighted by atomic mass is 79.9. The maximum absolute atomic E-state index is 12.3. The summed E-state index contributed by atoms with van der Waals surface area (Å²) in [5, 5.41) is 3.28. The molecule has 0 aliphatic rings. The number of halogens is 2. The number of aromatic nitrogens is 2. The molecular weight excluding hydrogens is 430 g/mol. The van der Waals surface area contributed by atoms with E-state index in [1.165, 1.54) is 0 Å². The molecule has 5 nitrogen and oxygen atoms in total. The van der Waals surface area contributed by atoms with Crippen molar-refractivity contribution in [3.05, 3.63) is 81.4 Å². The second-order valence-corrected chi connectivity index (χ2v) is 7.17. The molecule has 4 aromatic rings. The van der Waals surface area contributed by atoms with Crippen LogP contribution in [0.3, 0.4) is 0 Å². The number of benzene rings is 2. The molecule has 1 amide bonds. The molecule has 0 saturated heterocycles. The van der Waals surface area contributed by atoms with E-state index in [9.17, 15) is 4.79 Å². The standard InChI is InChI=1S/C20H13BrClN3O2/c21-14-7-8-16(22)15(10-14)19(26)24-11-12-3-5-13(6-4-12)20-25-18-17(27-20)2-1-9-23-18/h1-10H,11H2,(H,24,26). The quantitative estimate of drug-likeness (QED) is 0.469. The van der Waals surface area contributed by atoms with Crippen molar-refractivity contribution >= 4 is 44.7 Å². The molecule has 0 spiro atoms. The number of nitrogens with zero attached hydrogens (tertiary/aromatic N) is 2. The van der Waals surface area contributed by atoms with Crippen LogP contribution < -0.4 is 5.32 Å². The summed E-state index contributed by atoms with van der Waals surface area (Å²) in [5.41, 5.74) is 3.46. The maximum atomic E-state index is 12.3. The minimum atomic E-state index is -0.226. The Balaban J connectivity index is 1.46. The molecule has 0 radical (unpaired) electrons. The van der Waals surface area contributed by atoms with Gasteiger partial charge in [-0.05, 0) is 48.0 Å². The molecule has 4 rings (SSSR count). The van der Waals surface area contributed by atoms with Crippen LogP contribution in [0.4, 0.5) is 0 Å². The van der Waals surface area contributed by atoms with E-state index in [-0.39, 0.29) is 5.91 Å². The molecule has 1 N–H and O–H groups in total. The molecule has 27 heavy (non-hydrogen) atoms. The summed E-state index contributed by atoms with van der Waals surface area (Å²) in [7, 11) is 0. The first kappa shape index (κ1) is 17.7. The fraction of sp³-hybridized carbons (Fsp3) is 0.0500. The molecule has 2 aromatic carbocycles. The first-order valence-electron chi connectivity index (χ1n) is 8.14. The van der Waals surface area contributed by atoms with Gasteiger partial charge in [-0.1, -0.05) is 39.7 Å². The van der Waals surface area contributed by atoms with Crippen LogP contribution in [-0.2, 0) is 6.54 Å². The maximum Gasteiger partial charge on any atom is 0.253 e. The average Bonchev–Trinajstić information content (AvgIpc) is 3.12. The number of carbonyl (C=O) groups excluding carboxylic acids is 1. The van der Waals surface area contributed by atoms with E-state index < -0.39 is 0 Å². The van der Waals surface area contributed by atoms with E-state index in [4.69, 9.17) is 16.0 Å². The van der Waals surface area contributed by atoms with Crippen molar-refractivity contribution in [2.24, 2.45) is 0 Å². The lowest BCUT2D eigenvalue weighted by atomic mass is 10.1. The molecule has 2 heterocycles. The zero-order chi connectivity index (χ0) is 18.8. The second-order valence-electron chi connectivity index (χ2n) is 5.85. The van der Waals surface area contributed by atoms with E-state index in [0.717, 1.165) is 15.6 Å². The first-order valence-corrected chi connectivity index (χ1v) is 9.31. The largest absolute Gasteiger partial charge is 0.434 e. The SMILES string of the molecule is O=C(NCc1ccc(-c2nc3ncccc3o2)cc1)c1cc(Br)ccc1Cl. The Morgan fingerprint density at radius 1 is 1.15 bits per heavy atom. The highest BCUT2D eigenvalue weighted by molar-refractivity contribution is 9.10. The molecule has 0 saturated carbocycles. The second kappa shape index (κ2) is 7.50. The van der Waals surface area contributed by atoms with Crippen LogP contribution in [0.15, 0.2) is 69.7 Å². The highest BCUT2D eigenvalue weighted by Crippen LogP contribution is 2.24. The molecule has 0 bridgehead atoms. The van der Waals surface area contributed by atoms with Crippen LogP contribution in [0.25, 0.3) is 22.7 Å². The smallest absolute Gasteiger partial charge is 0.253 e. The van der Waals surface area contributed by atoms with Crippen LogP contribution in [-0.4, -0.2) is 15.9 Å². The molecule has 134 valence electrons. The molecule has 0 aliphatic carbocycles. The average molecular weight is 443 g/mol. The third-order valence-corrected chi connectivity index (χ3v) is 4.81. The number of fused-ring (bicyclic) bond motifs is 1. The van der Waals surface area contributed by atoms with Gasteiger partial charge in [-0.15, -0.1) is 0 Å². The molecular formula is C20H13BrClN3O2. The van der Waals surface area contributed by atoms with E-state index in [0.29, 0.717) is 34.3 Å². The molecule has 0 fully saturated rings. The van der Waals surface area contributed by atoms with Gasteiger partial charge >= 0.3 is 0 Å². The predicted molar refractivity (Wildman–Crippen MR) is 108 cm³/mol. The summed E-state index contributed by atoms with van der Waals surface area (Å²) < 4.78 is 6.51. The number of amides is 1. The molecule has 0 aliphatic heterocycles. The minimum Gasteiger partial charge on any atom is -0.434 e. The van der Waals surface area contributed by atoms with Gasteiger partial charge in [0.2, 0.25) is 5.89 Å². The van der Waals surface area contributed by atoms with Crippen LogP contribution in [0.2, 0.25) is 5.02 Å². The minimum absolute atomic E-state index is 0.226. The zero-order valence-corrected chi connectivity index (χ0v) is 16.3. The Morgan fingerprint density at radius 3 is 2.74 bits per heavy atom. The van der Waals surface area contributed by atoms with Gasteiger partial charge in [0.15, 0.2) is 11.2 Å². The van der Waals surface area contributed by atoms with Crippen molar-refractivity contribution < 1.29 is 9.21 Å². The molecule has 2 aromatic heterocycles. The van der Waals surface area contributed by atoms with Crippen molar-refractivity contribution in [2.75, 3.05) is 0 Å². The van der Waals surface area contributed by atoms with Crippen molar-refractivity contribution in [2.45, 2.75) is 6.54 Å². The number of oxazole rings is 1. The van der Waals surface area contributed by atoms with Crippen LogP contribution in [0, 0.1) is 0 Å². The van der Waals surface area contributed by atoms with Gasteiger partial charge < -0.3 is 9.73 Å². The number of hydrogen-bond acceptors (Lipinski definition) is 4. The van der Waals surface area contributed by atoms with E-state index in [2.05, 4.69) is 31.2 Å². The van der Waals surface area contributed by atoms with Gasteiger partial charge in [0.25, 0.3) is 5.91 Å². The molecule has 7 heteroatoms. The summed E-state index contributed by atoms with van der Waals surface area (Å²) in [5.74, 6) is 0.288. The lowest BCUT2D eigenvalue weighted by Gasteiger charge is -2.08. The zero-order valence-electron chi connectivity index (χ0n) is 13.9. The number of nitrogens with one attached hydrogen (secondary N) is 1. The van der Waals surface area contributed by atoms with E-state index >= 15 is 0 Å². The Kier molecular flexibility index (Phi) is 4.92. The monoisotopic (exact) mass is 441 g/mol. The first-order chi connectivity index (χ1) is 13.1. The lowest BCUT2D eigenvalue weighted by Crippen LogP contribution is -2.23. The Labute approximate surface area is 168 Å². The Hall–Kier alpha value is -2.70. The van der Waals surface area contributed by atoms with Gasteiger partial charge in [0.1, 0.15) is 0 Å². The highest BCUT2D eigenvalue weighted by Gasteiger charge is 2.11. The molecule has 0 unspecified atom stereocenters. The van der Waals surface area contributed by atoms with Crippen molar-refractivity contribution in [1.29, 1.82) is 0 Å². The van der Waals surface area contributed by atoms with Crippen molar-refractivity contribution in [3.8, 4) is 11.5 Å². The van der Waals surface area contributed by atoms with E-state index in [1.54, 1.807) is 30.5 Å². The predicted octanol–water partition coefficient (Wildman–Crippen LogP) is 5.24. The van der Waals surface area contributed by atoms with Crippen molar-refractivity contribution in [1.82, 2.24) is 15.3 Å². The van der Waals surface area contributed by atoms with Gasteiger partial charge in [0.05, 0.1) is 10.6 Å². The van der Waals surface area contributed by atoms with Crippen LogP contribution >= 0.6 is 27.5 Å². The van der Waals surface area contributed by atoms with E-state index in [1.807, 2.05) is 30.3 Å².